The van der Waals surface area contributed by atoms with Crippen LogP contribution in [0.15, 0.2) is 54.4 Å². The maximum absolute atomic E-state index is 4.70. The van der Waals surface area contributed by atoms with Gasteiger partial charge in [0.1, 0.15) is 12.1 Å². The maximum Gasteiger partial charge on any atom is 0.187 e. The first-order chi connectivity index (χ1) is 12.6. The van der Waals surface area contributed by atoms with Gasteiger partial charge in [-0.1, -0.05) is 12.1 Å². The number of hydrogen-bond acceptors (Lipinski definition) is 5. The second-order valence-electron chi connectivity index (χ2n) is 6.31. The average molecular weight is 361 g/mol. The monoisotopic (exact) mass is 361 g/mol. The molecule has 0 saturated carbocycles. The number of nitrogens with one attached hydrogen (secondary N) is 1. The highest BCUT2D eigenvalue weighted by Crippen LogP contribution is 2.28. The molecule has 0 saturated heterocycles. The number of anilines is 2. The molecule has 1 N–H and O–H groups in total. The van der Waals surface area contributed by atoms with Gasteiger partial charge in [0.15, 0.2) is 5.13 Å². The highest BCUT2D eigenvalue weighted by atomic mass is 32.1. The van der Waals surface area contributed by atoms with Gasteiger partial charge in [0, 0.05) is 29.0 Å². The Hall–Kier alpha value is -2.99. The van der Waals surface area contributed by atoms with Gasteiger partial charge in [0.25, 0.3) is 0 Å². The SMILES string of the molecule is Cc1ccc(C)c(Nc2nc(-c3ccc(-n4cnc(C)c4)nc3)cs2)c1. The number of aryl methyl sites for hydroxylation is 3. The van der Waals surface area contributed by atoms with E-state index in [2.05, 4.69) is 47.3 Å². The molecule has 0 bridgehead atoms. The zero-order chi connectivity index (χ0) is 18.1. The third kappa shape index (κ3) is 3.36. The number of thiazole rings is 1. The van der Waals surface area contributed by atoms with Crippen molar-refractivity contribution in [1.82, 2.24) is 19.5 Å². The molecule has 0 aliphatic rings. The van der Waals surface area contributed by atoms with Crippen LogP contribution in [0.3, 0.4) is 0 Å². The highest BCUT2D eigenvalue weighted by molar-refractivity contribution is 7.14. The van der Waals surface area contributed by atoms with Crippen LogP contribution in [-0.2, 0) is 0 Å². The Morgan fingerprint density at radius 1 is 1.04 bits per heavy atom. The first-order valence-corrected chi connectivity index (χ1v) is 9.24. The van der Waals surface area contributed by atoms with Crippen LogP contribution in [0.2, 0.25) is 0 Å². The third-order valence-corrected chi connectivity index (χ3v) is 4.92. The lowest BCUT2D eigenvalue weighted by molar-refractivity contribution is 0.993. The first-order valence-electron chi connectivity index (χ1n) is 8.36. The Kier molecular flexibility index (Phi) is 4.26. The molecular weight excluding hydrogens is 342 g/mol. The normalized spacial score (nSPS) is 10.9. The molecule has 6 heteroatoms. The van der Waals surface area contributed by atoms with Crippen molar-refractivity contribution in [3.8, 4) is 17.1 Å². The van der Waals surface area contributed by atoms with Crippen molar-refractivity contribution in [3.05, 3.63) is 71.3 Å². The van der Waals surface area contributed by atoms with Crippen LogP contribution in [0, 0.1) is 20.8 Å². The number of hydrogen-bond donors (Lipinski definition) is 1. The van der Waals surface area contributed by atoms with E-state index in [1.165, 1.54) is 11.1 Å². The van der Waals surface area contributed by atoms with Gasteiger partial charge in [-0.2, -0.15) is 0 Å². The highest BCUT2D eigenvalue weighted by Gasteiger charge is 2.08. The molecule has 0 aliphatic heterocycles. The molecule has 130 valence electrons. The second-order valence-corrected chi connectivity index (χ2v) is 7.17. The third-order valence-electron chi connectivity index (χ3n) is 4.16. The van der Waals surface area contributed by atoms with Gasteiger partial charge in [-0.05, 0) is 50.1 Å². The average Bonchev–Trinajstić information content (AvgIpc) is 3.28. The van der Waals surface area contributed by atoms with E-state index in [-0.39, 0.29) is 0 Å². The fraction of sp³-hybridized carbons (Fsp3) is 0.150. The molecule has 0 atom stereocenters. The minimum absolute atomic E-state index is 0.846. The first kappa shape index (κ1) is 16.5. The minimum atomic E-state index is 0.846. The summed E-state index contributed by atoms with van der Waals surface area (Å²) in [7, 11) is 0. The Labute approximate surface area is 156 Å². The van der Waals surface area contributed by atoms with Crippen molar-refractivity contribution in [2.75, 3.05) is 5.32 Å². The van der Waals surface area contributed by atoms with Gasteiger partial charge in [-0.15, -0.1) is 11.3 Å². The van der Waals surface area contributed by atoms with E-state index in [0.29, 0.717) is 0 Å². The molecule has 0 amide bonds. The van der Waals surface area contributed by atoms with E-state index in [4.69, 9.17) is 4.98 Å². The van der Waals surface area contributed by atoms with Crippen LogP contribution < -0.4 is 5.32 Å². The summed E-state index contributed by atoms with van der Waals surface area (Å²) in [6.45, 7) is 6.15. The molecule has 0 fully saturated rings. The lowest BCUT2D eigenvalue weighted by Gasteiger charge is -2.07. The van der Waals surface area contributed by atoms with E-state index >= 15 is 0 Å². The van der Waals surface area contributed by atoms with Gasteiger partial charge in [0.05, 0.1) is 11.4 Å². The van der Waals surface area contributed by atoms with E-state index in [1.807, 2.05) is 41.4 Å². The zero-order valence-corrected chi connectivity index (χ0v) is 15.7. The molecule has 0 aliphatic carbocycles. The van der Waals surface area contributed by atoms with Crippen LogP contribution in [0.25, 0.3) is 17.1 Å². The van der Waals surface area contributed by atoms with Gasteiger partial charge in [0.2, 0.25) is 0 Å². The number of imidazole rings is 1. The number of benzene rings is 1. The van der Waals surface area contributed by atoms with E-state index in [1.54, 1.807) is 17.7 Å². The summed E-state index contributed by atoms with van der Waals surface area (Å²) in [6.07, 6.45) is 5.57. The molecule has 0 radical (unpaired) electrons. The number of rotatable bonds is 4. The lowest BCUT2D eigenvalue weighted by atomic mass is 10.1. The van der Waals surface area contributed by atoms with Crippen molar-refractivity contribution in [1.29, 1.82) is 0 Å². The van der Waals surface area contributed by atoms with Crippen molar-refractivity contribution in [3.63, 3.8) is 0 Å². The molecular formula is C20H19N5S. The molecule has 3 aromatic heterocycles. The zero-order valence-electron chi connectivity index (χ0n) is 14.9. The summed E-state index contributed by atoms with van der Waals surface area (Å²) in [5.41, 5.74) is 6.41. The molecule has 4 rings (SSSR count). The van der Waals surface area contributed by atoms with Crippen molar-refractivity contribution < 1.29 is 0 Å². The largest absolute Gasteiger partial charge is 0.331 e. The summed E-state index contributed by atoms with van der Waals surface area (Å²) in [5.74, 6) is 0.846. The molecule has 4 aromatic rings. The van der Waals surface area contributed by atoms with Gasteiger partial charge < -0.3 is 5.32 Å². The van der Waals surface area contributed by atoms with Gasteiger partial charge in [-0.3, -0.25) is 4.57 Å². The van der Waals surface area contributed by atoms with Crippen molar-refractivity contribution >= 4 is 22.2 Å². The summed E-state index contributed by atoms with van der Waals surface area (Å²) >= 11 is 1.59. The topological polar surface area (TPSA) is 55.6 Å². The predicted octanol–water partition coefficient (Wildman–Crippen LogP) is 5.06. The fourth-order valence-electron chi connectivity index (χ4n) is 2.69. The van der Waals surface area contributed by atoms with Crippen LogP contribution in [0.5, 0.6) is 0 Å². The van der Waals surface area contributed by atoms with Crippen molar-refractivity contribution in [2.24, 2.45) is 0 Å². The number of pyridine rings is 1. The van der Waals surface area contributed by atoms with E-state index in [0.717, 1.165) is 33.6 Å². The smallest absolute Gasteiger partial charge is 0.187 e. The molecule has 0 spiro atoms. The summed E-state index contributed by atoms with van der Waals surface area (Å²) in [4.78, 5) is 13.5. The summed E-state index contributed by atoms with van der Waals surface area (Å²) in [5, 5.41) is 6.34. The summed E-state index contributed by atoms with van der Waals surface area (Å²) in [6, 6.07) is 10.4. The second kappa shape index (κ2) is 6.72. The Morgan fingerprint density at radius 2 is 1.92 bits per heavy atom. The van der Waals surface area contributed by atoms with Gasteiger partial charge >= 0.3 is 0 Å². The van der Waals surface area contributed by atoms with Crippen molar-refractivity contribution in [2.45, 2.75) is 20.8 Å². The molecule has 1 aromatic carbocycles. The maximum atomic E-state index is 4.70. The standard InChI is InChI=1S/C20H19N5S/c1-13-4-5-14(2)17(8-13)23-20-24-18(11-26-20)16-6-7-19(21-9-16)25-10-15(3)22-12-25/h4-12H,1-3H3,(H,23,24). The minimum Gasteiger partial charge on any atom is -0.331 e. The van der Waals surface area contributed by atoms with Crippen LogP contribution >= 0.6 is 11.3 Å². The number of nitrogens with zero attached hydrogens (tertiary/aromatic N) is 4. The fourth-order valence-corrected chi connectivity index (χ4v) is 3.42. The van der Waals surface area contributed by atoms with E-state index < -0.39 is 0 Å². The lowest BCUT2D eigenvalue weighted by Crippen LogP contribution is -1.95. The molecule has 26 heavy (non-hydrogen) atoms. The van der Waals surface area contributed by atoms with Gasteiger partial charge in [-0.25, -0.2) is 15.0 Å². The predicted molar refractivity (Wildman–Crippen MR) is 106 cm³/mol. The number of aromatic nitrogens is 4. The molecule has 0 unspecified atom stereocenters. The van der Waals surface area contributed by atoms with Crippen LogP contribution in [0.4, 0.5) is 10.8 Å². The van der Waals surface area contributed by atoms with Crippen LogP contribution in [0.1, 0.15) is 16.8 Å². The quantitative estimate of drug-likeness (QED) is 0.552. The molecule has 3 heterocycles. The molecule has 5 nitrogen and oxygen atoms in total. The Morgan fingerprint density at radius 3 is 2.65 bits per heavy atom. The summed E-state index contributed by atoms with van der Waals surface area (Å²) < 4.78 is 1.91. The van der Waals surface area contributed by atoms with Crippen LogP contribution in [-0.4, -0.2) is 19.5 Å². The Balaban J connectivity index is 1.55. The van der Waals surface area contributed by atoms with E-state index in [9.17, 15) is 0 Å². The Bertz CT molecular complexity index is 1050.